The monoisotopic (exact) mass is 414 g/mol. The second-order valence-corrected chi connectivity index (χ2v) is 8.98. The van der Waals surface area contributed by atoms with Crippen molar-refractivity contribution in [3.63, 3.8) is 0 Å². The van der Waals surface area contributed by atoms with Gasteiger partial charge in [-0.05, 0) is 88.4 Å². The third kappa shape index (κ3) is 3.87. The maximum atomic E-state index is 13.1. The third-order valence-corrected chi connectivity index (χ3v) is 7.07. The summed E-state index contributed by atoms with van der Waals surface area (Å²) in [6.45, 7) is 1.95. The third-order valence-electron chi connectivity index (χ3n) is 7.07. The van der Waals surface area contributed by atoms with Gasteiger partial charge in [0.2, 0.25) is 0 Å². The van der Waals surface area contributed by atoms with Gasteiger partial charge < -0.3 is 9.88 Å². The van der Waals surface area contributed by atoms with E-state index in [-0.39, 0.29) is 5.54 Å². The highest BCUT2D eigenvalue weighted by Gasteiger charge is 2.38. The van der Waals surface area contributed by atoms with E-state index < -0.39 is 11.7 Å². The Hall–Kier alpha value is -2.27. The summed E-state index contributed by atoms with van der Waals surface area (Å²) in [6.07, 6.45) is 0.916. The molecule has 1 aliphatic rings. The van der Waals surface area contributed by atoms with Crippen molar-refractivity contribution in [3.05, 3.63) is 70.9 Å². The first-order valence-corrected chi connectivity index (χ1v) is 10.6. The first-order chi connectivity index (χ1) is 14.2. The molecule has 4 rings (SSSR count). The van der Waals surface area contributed by atoms with Crippen LogP contribution in [-0.2, 0) is 12.6 Å². The number of halogens is 3. The summed E-state index contributed by atoms with van der Waals surface area (Å²) in [7, 11) is 4.33. The standard InChI is InChI=1S/C25H29F3N2/c1-17-21-15-20(25(26,27)28)9-10-22(21)29-23(17)19-11-13-24(14-12-19,30(2)3)16-18-7-5-4-6-8-18/h4-10,15,19,29H,11-14,16H2,1-3H3. The molecule has 0 saturated heterocycles. The van der Waals surface area contributed by atoms with Crippen LogP contribution in [0.25, 0.3) is 10.9 Å². The number of H-pyrrole nitrogens is 1. The highest BCUT2D eigenvalue weighted by Crippen LogP contribution is 2.44. The molecule has 2 nitrogen and oxygen atoms in total. The highest BCUT2D eigenvalue weighted by atomic mass is 19.4. The first kappa shape index (κ1) is 21.0. The lowest BCUT2D eigenvalue weighted by Crippen LogP contribution is -2.48. The molecule has 0 bridgehead atoms. The molecule has 5 heteroatoms. The molecule has 0 atom stereocenters. The fourth-order valence-corrected chi connectivity index (χ4v) is 5.13. The number of hydrogen-bond donors (Lipinski definition) is 1. The van der Waals surface area contributed by atoms with E-state index in [1.54, 1.807) is 6.07 Å². The van der Waals surface area contributed by atoms with Crippen molar-refractivity contribution in [2.24, 2.45) is 0 Å². The Balaban J connectivity index is 1.57. The average Bonchev–Trinajstić information content (AvgIpc) is 3.04. The van der Waals surface area contributed by atoms with Gasteiger partial charge in [-0.25, -0.2) is 0 Å². The zero-order valence-electron chi connectivity index (χ0n) is 17.8. The smallest absolute Gasteiger partial charge is 0.358 e. The Morgan fingerprint density at radius 2 is 1.70 bits per heavy atom. The minimum atomic E-state index is -4.31. The second kappa shape index (κ2) is 7.77. The Morgan fingerprint density at radius 3 is 2.30 bits per heavy atom. The van der Waals surface area contributed by atoms with Gasteiger partial charge >= 0.3 is 6.18 Å². The van der Waals surface area contributed by atoms with Crippen molar-refractivity contribution in [2.75, 3.05) is 14.1 Å². The number of fused-ring (bicyclic) bond motifs is 1. The first-order valence-electron chi connectivity index (χ1n) is 10.6. The highest BCUT2D eigenvalue weighted by molar-refractivity contribution is 5.85. The van der Waals surface area contributed by atoms with Crippen molar-refractivity contribution in [3.8, 4) is 0 Å². The number of nitrogens with one attached hydrogen (secondary N) is 1. The molecule has 0 aliphatic heterocycles. The van der Waals surface area contributed by atoms with E-state index in [4.69, 9.17) is 0 Å². The topological polar surface area (TPSA) is 19.0 Å². The Morgan fingerprint density at radius 1 is 1.03 bits per heavy atom. The lowest BCUT2D eigenvalue weighted by atomic mass is 9.71. The normalized spacial score (nSPS) is 22.7. The van der Waals surface area contributed by atoms with Gasteiger partial charge in [-0.1, -0.05) is 30.3 Å². The van der Waals surface area contributed by atoms with Crippen molar-refractivity contribution in [2.45, 2.75) is 56.7 Å². The Labute approximate surface area is 176 Å². The molecule has 30 heavy (non-hydrogen) atoms. The van der Waals surface area contributed by atoms with Crippen LogP contribution in [0.15, 0.2) is 48.5 Å². The number of benzene rings is 2. The Bertz CT molecular complexity index is 1010. The SMILES string of the molecule is Cc1c(C2CCC(Cc3ccccc3)(N(C)C)CC2)[nH]c2ccc(C(F)(F)F)cc12. The maximum absolute atomic E-state index is 13.1. The largest absolute Gasteiger partial charge is 0.416 e. The zero-order chi connectivity index (χ0) is 21.5. The summed E-state index contributed by atoms with van der Waals surface area (Å²) < 4.78 is 39.4. The zero-order valence-corrected chi connectivity index (χ0v) is 17.8. The molecule has 1 saturated carbocycles. The molecule has 0 unspecified atom stereocenters. The van der Waals surface area contributed by atoms with Crippen LogP contribution in [0.4, 0.5) is 13.2 Å². The van der Waals surface area contributed by atoms with E-state index in [0.29, 0.717) is 11.3 Å². The van der Waals surface area contributed by atoms with Crippen LogP contribution in [0.1, 0.15) is 54.0 Å². The minimum Gasteiger partial charge on any atom is -0.358 e. The van der Waals surface area contributed by atoms with Crippen LogP contribution >= 0.6 is 0 Å². The van der Waals surface area contributed by atoms with E-state index in [1.807, 2.05) is 13.0 Å². The molecular formula is C25H29F3N2. The van der Waals surface area contributed by atoms with Gasteiger partial charge in [0.15, 0.2) is 0 Å². The molecule has 0 radical (unpaired) electrons. The molecule has 3 aromatic rings. The van der Waals surface area contributed by atoms with Crippen LogP contribution in [0.2, 0.25) is 0 Å². The predicted octanol–water partition coefficient (Wildman–Crippen LogP) is 6.70. The summed E-state index contributed by atoms with van der Waals surface area (Å²) in [5.41, 5.74) is 3.76. The molecule has 1 N–H and O–H groups in total. The average molecular weight is 415 g/mol. The van der Waals surface area contributed by atoms with Crippen LogP contribution in [-0.4, -0.2) is 29.5 Å². The number of aromatic amines is 1. The van der Waals surface area contributed by atoms with Crippen molar-refractivity contribution in [1.29, 1.82) is 0 Å². The molecule has 1 aromatic heterocycles. The van der Waals surface area contributed by atoms with Crippen LogP contribution in [0, 0.1) is 6.92 Å². The number of likely N-dealkylation sites (N-methyl/N-ethyl adjacent to an activating group) is 1. The minimum absolute atomic E-state index is 0.126. The summed E-state index contributed by atoms with van der Waals surface area (Å²) in [4.78, 5) is 5.80. The lowest BCUT2D eigenvalue weighted by Gasteiger charge is -2.45. The van der Waals surface area contributed by atoms with Crippen molar-refractivity contribution < 1.29 is 13.2 Å². The van der Waals surface area contributed by atoms with Gasteiger partial charge in [0.05, 0.1) is 5.56 Å². The number of alkyl halides is 3. The van der Waals surface area contributed by atoms with Crippen LogP contribution in [0.5, 0.6) is 0 Å². The summed E-state index contributed by atoms with van der Waals surface area (Å²) in [5.74, 6) is 0.357. The number of aryl methyl sites for hydroxylation is 1. The van der Waals surface area contributed by atoms with Gasteiger partial charge in [-0.2, -0.15) is 13.2 Å². The van der Waals surface area contributed by atoms with E-state index in [0.717, 1.165) is 48.9 Å². The number of hydrogen-bond acceptors (Lipinski definition) is 1. The molecular weight excluding hydrogens is 385 g/mol. The quantitative estimate of drug-likeness (QED) is 0.503. The molecule has 1 fully saturated rings. The van der Waals surface area contributed by atoms with E-state index >= 15 is 0 Å². The van der Waals surface area contributed by atoms with Crippen molar-refractivity contribution in [1.82, 2.24) is 9.88 Å². The molecule has 160 valence electrons. The van der Waals surface area contributed by atoms with Crippen LogP contribution < -0.4 is 0 Å². The molecule has 0 spiro atoms. The number of aromatic nitrogens is 1. The van der Waals surface area contributed by atoms with Gasteiger partial charge in [0, 0.05) is 22.1 Å². The summed E-state index contributed by atoms with van der Waals surface area (Å²) >= 11 is 0. The second-order valence-electron chi connectivity index (χ2n) is 8.98. The van der Waals surface area contributed by atoms with E-state index in [9.17, 15) is 13.2 Å². The maximum Gasteiger partial charge on any atom is 0.416 e. The predicted molar refractivity (Wildman–Crippen MR) is 116 cm³/mol. The number of nitrogens with zero attached hydrogens (tertiary/aromatic N) is 1. The molecule has 0 amide bonds. The fraction of sp³-hybridized carbons (Fsp3) is 0.440. The Kier molecular flexibility index (Phi) is 5.43. The molecule has 2 aromatic carbocycles. The lowest BCUT2D eigenvalue weighted by molar-refractivity contribution is -0.137. The van der Waals surface area contributed by atoms with E-state index in [2.05, 4.69) is 48.2 Å². The van der Waals surface area contributed by atoms with Gasteiger partial charge in [-0.3, -0.25) is 0 Å². The summed E-state index contributed by atoms with van der Waals surface area (Å²) in [6, 6.07) is 14.6. The van der Waals surface area contributed by atoms with Crippen molar-refractivity contribution >= 4 is 10.9 Å². The van der Waals surface area contributed by atoms with Crippen LogP contribution in [0.3, 0.4) is 0 Å². The number of rotatable bonds is 4. The van der Waals surface area contributed by atoms with Gasteiger partial charge in [0.1, 0.15) is 0 Å². The summed E-state index contributed by atoms with van der Waals surface area (Å²) in [5, 5.41) is 0.688. The van der Waals surface area contributed by atoms with Gasteiger partial charge in [0.25, 0.3) is 0 Å². The molecule has 1 heterocycles. The van der Waals surface area contributed by atoms with Gasteiger partial charge in [-0.15, -0.1) is 0 Å². The molecule has 1 aliphatic carbocycles. The fourth-order valence-electron chi connectivity index (χ4n) is 5.13. The van der Waals surface area contributed by atoms with E-state index in [1.165, 1.54) is 17.7 Å².